The molecule has 31 N–H and O–H groups in total. The van der Waals surface area contributed by atoms with Gasteiger partial charge in [0.15, 0.2) is 5.96 Å². The molecule has 0 spiro atoms. The highest BCUT2D eigenvalue weighted by molar-refractivity contribution is 6.01. The van der Waals surface area contributed by atoms with Crippen molar-refractivity contribution in [3.05, 3.63) is 90.0 Å². The fourth-order valence-corrected chi connectivity index (χ4v) is 11.5. The number of imidazole rings is 1. The summed E-state index contributed by atoms with van der Waals surface area (Å²) in [7, 11) is 0. The molecule has 3 rings (SSSR count). The van der Waals surface area contributed by atoms with E-state index in [4.69, 9.17) is 39.8 Å². The number of unbranched alkanes of at least 4 members (excludes halogenated alkanes) is 1. The normalized spacial score (nSPS) is 15.2. The Labute approximate surface area is 682 Å². The van der Waals surface area contributed by atoms with Gasteiger partial charge in [-0.05, 0) is 103 Å². The molecule has 3 aromatic rings. The van der Waals surface area contributed by atoms with Crippen molar-refractivity contribution in [1.29, 1.82) is 5.41 Å². The molecule has 43 heteroatoms. The van der Waals surface area contributed by atoms with Gasteiger partial charge in [0, 0.05) is 38.4 Å². The van der Waals surface area contributed by atoms with Gasteiger partial charge in [-0.1, -0.05) is 94.8 Å². The zero-order chi connectivity index (χ0) is 88.6. The standard InChI is InChI=1S/C75H118N24O19/c1-37(2)29-50(68(112)91-48(61(80)105)24-18-28-84-75(81)82)94-70(114)52(31-45-21-14-11-15-22-45)95-69(113)51(30-44-19-12-10-13-20-44)90-57(104)35-85-62(106)39(5)87-67(111)53(32-46-34-83-36-86-46)93-63(107)40(6)89-73(117)59(42(8)100)98-64(108)41(7)88-72(116)58(38(3)4)97-74(118)60(43(9)101)99-71(115)54(33-56(79)103)96-66(110)49(25-26-55(78)102)92-65(109)47(77)23-16-17-27-76/h10-15,19-22,34,36-43,47-54,58-60,100-101H,16-18,23-33,35,76-77H2,1-9H3,(H2,78,102)(H2,79,103)(H2,80,105)(H,83,86)(H,85,106)(H,87,111)(H,88,116)(H,89,117)(H,90,104)(H,91,112)(H,92,109)(H,93,107)(H,94,114)(H,95,113)(H,96,110)(H,97,118)(H,98,108)(H,99,115)(H4,81,82,84). The maximum Gasteiger partial charge on any atom is 0.245 e. The second-order valence-electron chi connectivity index (χ2n) is 29.3. The first kappa shape index (κ1) is 99.9. The van der Waals surface area contributed by atoms with Gasteiger partial charge < -0.3 is 129 Å². The number of rotatable bonds is 53. The summed E-state index contributed by atoms with van der Waals surface area (Å²) in [5, 5.41) is 65.8. The number of amides is 17. The summed E-state index contributed by atoms with van der Waals surface area (Å²) in [5.41, 5.74) is 34.6. The number of primary amides is 3. The molecule has 16 unspecified atom stereocenters. The molecule has 652 valence electrons. The van der Waals surface area contributed by atoms with Crippen LogP contribution >= 0.6 is 0 Å². The minimum Gasteiger partial charge on any atom is -0.391 e. The van der Waals surface area contributed by atoms with Crippen LogP contribution in [-0.2, 0) is 101 Å². The van der Waals surface area contributed by atoms with E-state index in [-0.39, 0.29) is 75.5 Å². The number of aromatic nitrogens is 2. The summed E-state index contributed by atoms with van der Waals surface area (Å²) >= 11 is 0. The van der Waals surface area contributed by atoms with Crippen molar-refractivity contribution in [3.8, 4) is 0 Å². The van der Waals surface area contributed by atoms with Crippen LogP contribution in [0.15, 0.2) is 73.2 Å². The van der Waals surface area contributed by atoms with Gasteiger partial charge in [-0.15, -0.1) is 0 Å². The van der Waals surface area contributed by atoms with E-state index in [1.165, 1.54) is 47.1 Å². The summed E-state index contributed by atoms with van der Waals surface area (Å²) in [6.07, 6.45) is -1.31. The van der Waals surface area contributed by atoms with Crippen LogP contribution in [0.3, 0.4) is 0 Å². The minimum absolute atomic E-state index is 0.0733. The number of nitrogens with two attached hydrogens (primary N) is 6. The lowest BCUT2D eigenvalue weighted by molar-refractivity contribution is -0.138. The number of nitrogens with zero attached hydrogens (tertiary/aromatic N) is 1. The van der Waals surface area contributed by atoms with Crippen LogP contribution in [0.2, 0.25) is 0 Å². The van der Waals surface area contributed by atoms with Gasteiger partial charge in [-0.3, -0.25) is 86.9 Å². The van der Waals surface area contributed by atoms with Gasteiger partial charge in [0.25, 0.3) is 0 Å². The molecule has 118 heavy (non-hydrogen) atoms. The highest BCUT2D eigenvalue weighted by Crippen LogP contribution is 2.14. The van der Waals surface area contributed by atoms with Crippen LogP contribution in [0, 0.1) is 17.2 Å². The number of carbonyl (C=O) groups excluding carboxylic acids is 17. The number of aromatic amines is 1. The van der Waals surface area contributed by atoms with Crippen LogP contribution < -0.4 is 114 Å². The lowest BCUT2D eigenvalue weighted by Gasteiger charge is -2.29. The molecule has 1 heterocycles. The fraction of sp³-hybridized carbons (Fsp3) is 0.560. The third kappa shape index (κ3) is 36.7. The number of hydrogen-bond acceptors (Lipinski definition) is 23. The second-order valence-corrected chi connectivity index (χ2v) is 29.3. The minimum atomic E-state index is -1.91. The van der Waals surface area contributed by atoms with Crippen molar-refractivity contribution < 1.29 is 91.7 Å². The second kappa shape index (κ2) is 51.0. The predicted molar refractivity (Wildman–Crippen MR) is 427 cm³/mol. The molecule has 0 saturated heterocycles. The van der Waals surface area contributed by atoms with E-state index in [1.54, 1.807) is 74.5 Å². The molecule has 1 aromatic heterocycles. The average molecular weight is 1660 g/mol. The Bertz CT molecular complexity index is 3890. The topological polar surface area (TPSA) is 720 Å². The van der Waals surface area contributed by atoms with Gasteiger partial charge in [0.2, 0.25) is 100 Å². The number of hydrogen-bond donors (Lipinski definition) is 25. The number of aliphatic hydroxyl groups is 2. The van der Waals surface area contributed by atoms with Gasteiger partial charge in [-0.25, -0.2) is 4.98 Å². The van der Waals surface area contributed by atoms with E-state index in [9.17, 15) is 91.7 Å². The van der Waals surface area contributed by atoms with Crippen LogP contribution in [0.1, 0.15) is 137 Å². The molecule has 2 aromatic carbocycles. The maximum atomic E-state index is 14.5. The highest BCUT2D eigenvalue weighted by Gasteiger charge is 2.39. The highest BCUT2D eigenvalue weighted by atomic mass is 16.3. The fourth-order valence-electron chi connectivity index (χ4n) is 11.5. The monoisotopic (exact) mass is 1660 g/mol. The van der Waals surface area contributed by atoms with Crippen LogP contribution in [0.5, 0.6) is 0 Å². The van der Waals surface area contributed by atoms with Crippen molar-refractivity contribution >= 4 is 106 Å². The predicted octanol–water partition coefficient (Wildman–Crippen LogP) is -8.27. The Morgan fingerprint density at radius 2 is 0.864 bits per heavy atom. The van der Waals surface area contributed by atoms with Crippen molar-refractivity contribution in [3.63, 3.8) is 0 Å². The van der Waals surface area contributed by atoms with Gasteiger partial charge >= 0.3 is 0 Å². The smallest absolute Gasteiger partial charge is 0.245 e. The summed E-state index contributed by atoms with van der Waals surface area (Å²) in [4.78, 5) is 237. The largest absolute Gasteiger partial charge is 0.391 e. The van der Waals surface area contributed by atoms with E-state index in [2.05, 4.69) is 89.7 Å². The van der Waals surface area contributed by atoms with Crippen LogP contribution in [-0.4, -0.2) is 243 Å². The molecule has 16 atom stereocenters. The van der Waals surface area contributed by atoms with Gasteiger partial charge in [0.05, 0.1) is 43.2 Å². The van der Waals surface area contributed by atoms with Crippen LogP contribution in [0.4, 0.5) is 0 Å². The number of guanidine groups is 1. The summed E-state index contributed by atoms with van der Waals surface area (Å²) in [5.74, 6) is -17.8. The molecule has 0 fully saturated rings. The van der Waals surface area contributed by atoms with Crippen molar-refractivity contribution in [2.24, 2.45) is 46.2 Å². The molecule has 0 aliphatic heterocycles. The lowest BCUT2D eigenvalue weighted by atomic mass is 9.99. The van der Waals surface area contributed by atoms with E-state index in [0.29, 0.717) is 30.5 Å². The zero-order valence-electron chi connectivity index (χ0n) is 67.7. The summed E-state index contributed by atoms with van der Waals surface area (Å²) in [6, 6.07) is -3.89. The van der Waals surface area contributed by atoms with E-state index in [1.807, 2.05) is 0 Å². The Balaban J connectivity index is 1.73. The Morgan fingerprint density at radius 1 is 0.432 bits per heavy atom. The first-order valence-electron chi connectivity index (χ1n) is 38.5. The first-order valence-corrected chi connectivity index (χ1v) is 38.5. The molecule has 17 amide bonds. The maximum absolute atomic E-state index is 14.5. The van der Waals surface area contributed by atoms with Crippen molar-refractivity contribution in [1.82, 2.24) is 89.7 Å². The molecule has 0 saturated carbocycles. The Kier molecular flexibility index (Phi) is 43.2. The SMILES string of the molecule is CC(C)CC(NC(=O)C(Cc1ccccc1)NC(=O)C(Cc1ccccc1)NC(=O)CNC(=O)C(C)NC(=O)C(Cc1c[nH]cn1)NC(=O)C(C)NC(=O)C(NC(=O)C(C)NC(=O)C(NC(=O)C(NC(=O)C(CC(N)=O)NC(=O)C(CCC(N)=O)NC(=O)C(N)CCCCN)C(C)O)C(C)C)C(C)O)C(=O)NC(CCCNC(=N)N)C(N)=O. The van der Waals surface area contributed by atoms with Crippen LogP contribution in [0.25, 0.3) is 0 Å². The molecular formula is C75H118N24O19. The number of H-pyrrole nitrogens is 1. The van der Waals surface area contributed by atoms with E-state index < -0.39 is 223 Å². The zero-order valence-corrected chi connectivity index (χ0v) is 67.7. The van der Waals surface area contributed by atoms with Gasteiger partial charge in [0.1, 0.15) is 78.5 Å². The first-order chi connectivity index (χ1) is 55.5. The number of aliphatic hydroxyl groups excluding tert-OH is 2. The Hall–Kier alpha value is -12.2. The molecule has 0 aliphatic rings. The Morgan fingerprint density at radius 3 is 1.36 bits per heavy atom. The quantitative estimate of drug-likeness (QED) is 0.0142. The lowest BCUT2D eigenvalue weighted by Crippen LogP contribution is -2.63. The molecule has 43 nitrogen and oxygen atoms in total. The van der Waals surface area contributed by atoms with Gasteiger partial charge in [-0.2, -0.15) is 0 Å². The number of carbonyl (C=O) groups is 17. The molecule has 0 radical (unpaired) electrons. The van der Waals surface area contributed by atoms with Crippen molar-refractivity contribution in [2.75, 3.05) is 19.6 Å². The third-order valence-corrected chi connectivity index (χ3v) is 18.1. The summed E-state index contributed by atoms with van der Waals surface area (Å²) in [6.45, 7) is 12.2. The van der Waals surface area contributed by atoms with E-state index >= 15 is 0 Å². The van der Waals surface area contributed by atoms with Crippen molar-refractivity contribution in [2.45, 2.75) is 236 Å². The average Bonchev–Trinajstić information content (AvgIpc) is 0.911. The number of nitrogens with one attached hydrogen (secondary N) is 17. The molecule has 0 bridgehead atoms. The third-order valence-electron chi connectivity index (χ3n) is 18.1. The molecular weight excluding hydrogens is 1540 g/mol. The van der Waals surface area contributed by atoms with E-state index in [0.717, 1.165) is 13.8 Å². The summed E-state index contributed by atoms with van der Waals surface area (Å²) < 4.78 is 0. The molecule has 0 aliphatic carbocycles. The number of benzene rings is 2.